The average Bonchev–Trinajstić information content (AvgIpc) is 3.20. The van der Waals surface area contributed by atoms with E-state index in [0.29, 0.717) is 45.0 Å². The second kappa shape index (κ2) is 10.3. The topological polar surface area (TPSA) is 67.4 Å². The van der Waals surface area contributed by atoms with Crippen LogP contribution in [0.5, 0.6) is 0 Å². The molecule has 1 amide bonds. The van der Waals surface area contributed by atoms with E-state index in [0.717, 1.165) is 24.9 Å². The minimum absolute atomic E-state index is 0.122. The molecule has 2 aromatic rings. The van der Waals surface area contributed by atoms with Crippen LogP contribution < -0.4 is 5.32 Å². The van der Waals surface area contributed by atoms with Gasteiger partial charge in [-0.25, -0.2) is 0 Å². The molecular formula is C19H22F2N4O2S3. The number of aromatic nitrogens is 2. The fourth-order valence-electron chi connectivity index (χ4n) is 3.77. The normalized spacial score (nSPS) is 21.5. The van der Waals surface area contributed by atoms with Crippen molar-refractivity contribution < 1.29 is 18.3 Å². The van der Waals surface area contributed by atoms with Crippen LogP contribution in [-0.2, 0) is 9.53 Å². The van der Waals surface area contributed by atoms with Crippen molar-refractivity contribution in [2.45, 2.75) is 52.8 Å². The minimum Gasteiger partial charge on any atom is -0.374 e. The largest absolute Gasteiger partial charge is 0.374 e. The van der Waals surface area contributed by atoms with Crippen molar-refractivity contribution >= 4 is 51.6 Å². The molecule has 162 valence electrons. The molecule has 1 aliphatic carbocycles. The van der Waals surface area contributed by atoms with Crippen LogP contribution in [0.4, 0.5) is 19.6 Å². The van der Waals surface area contributed by atoms with E-state index in [9.17, 15) is 13.6 Å². The van der Waals surface area contributed by atoms with E-state index in [1.807, 2.05) is 4.90 Å². The van der Waals surface area contributed by atoms with Crippen LogP contribution in [0, 0.1) is 0 Å². The Balaban J connectivity index is 1.28. The number of alkyl halides is 2. The van der Waals surface area contributed by atoms with Crippen molar-refractivity contribution in [1.29, 1.82) is 0 Å². The first-order valence-electron chi connectivity index (χ1n) is 9.78. The van der Waals surface area contributed by atoms with Gasteiger partial charge < -0.3 is 15.0 Å². The number of hydrogen-bond donors (Lipinski definition) is 1. The number of morpholine rings is 1. The van der Waals surface area contributed by atoms with Gasteiger partial charge in [-0.15, -0.1) is 10.2 Å². The Morgan fingerprint density at radius 3 is 2.87 bits per heavy atom. The second-order valence-corrected chi connectivity index (χ2v) is 10.3. The van der Waals surface area contributed by atoms with Crippen LogP contribution in [0.25, 0.3) is 0 Å². The lowest BCUT2D eigenvalue weighted by Gasteiger charge is -2.43. The van der Waals surface area contributed by atoms with Crippen molar-refractivity contribution in [3.05, 3.63) is 24.3 Å². The first-order valence-corrected chi connectivity index (χ1v) is 12.5. The number of benzene rings is 1. The summed E-state index contributed by atoms with van der Waals surface area (Å²) in [5.74, 6) is -1.98. The van der Waals surface area contributed by atoms with Gasteiger partial charge in [0.1, 0.15) is 0 Å². The molecule has 0 spiro atoms. The van der Waals surface area contributed by atoms with Gasteiger partial charge in [-0.2, -0.15) is 8.78 Å². The van der Waals surface area contributed by atoms with Crippen LogP contribution >= 0.6 is 34.9 Å². The van der Waals surface area contributed by atoms with E-state index in [-0.39, 0.29) is 18.1 Å². The van der Waals surface area contributed by atoms with Gasteiger partial charge in [0.15, 0.2) is 4.34 Å². The molecule has 11 heteroatoms. The van der Waals surface area contributed by atoms with E-state index in [4.69, 9.17) is 4.74 Å². The number of halogens is 2. The zero-order valence-corrected chi connectivity index (χ0v) is 18.6. The summed E-state index contributed by atoms with van der Waals surface area (Å²) < 4.78 is 31.3. The highest BCUT2D eigenvalue weighted by molar-refractivity contribution is 8.01. The van der Waals surface area contributed by atoms with Crippen LogP contribution in [0.15, 0.2) is 33.5 Å². The molecule has 2 heterocycles. The summed E-state index contributed by atoms with van der Waals surface area (Å²) in [6, 6.07) is 6.92. The molecule has 30 heavy (non-hydrogen) atoms. The Kier molecular flexibility index (Phi) is 7.45. The Hall–Kier alpha value is -1.43. The van der Waals surface area contributed by atoms with Gasteiger partial charge in [0, 0.05) is 17.1 Å². The Morgan fingerprint density at radius 2 is 2.07 bits per heavy atom. The zero-order valence-electron chi connectivity index (χ0n) is 16.1. The first kappa shape index (κ1) is 21.8. The lowest BCUT2D eigenvalue weighted by molar-refractivity contribution is -0.146. The number of nitrogens with zero attached hydrogens (tertiary/aromatic N) is 3. The maximum absolute atomic E-state index is 12.8. The molecule has 0 radical (unpaired) electrons. The zero-order chi connectivity index (χ0) is 20.9. The quantitative estimate of drug-likeness (QED) is 0.577. The third kappa shape index (κ3) is 5.63. The fraction of sp³-hybridized carbons (Fsp3) is 0.526. The molecular weight excluding hydrogens is 450 g/mol. The number of rotatable bonds is 7. The lowest BCUT2D eigenvalue weighted by Crippen LogP contribution is -2.55. The smallest absolute Gasteiger partial charge is 0.288 e. The maximum atomic E-state index is 12.8. The number of thioether (sulfide) groups is 2. The summed E-state index contributed by atoms with van der Waals surface area (Å²) in [5.41, 5.74) is 0.744. The average molecular weight is 473 g/mol. The molecule has 4 rings (SSSR count). The number of amides is 1. The molecule has 0 bridgehead atoms. The molecule has 1 saturated carbocycles. The fourth-order valence-corrected chi connectivity index (χ4v) is 5.93. The summed E-state index contributed by atoms with van der Waals surface area (Å²) in [6.45, 7) is 1.27. The second-order valence-electron chi connectivity index (χ2n) is 7.04. The van der Waals surface area contributed by atoms with Crippen LogP contribution in [0.1, 0.15) is 25.7 Å². The van der Waals surface area contributed by atoms with E-state index in [1.165, 1.54) is 29.5 Å². The predicted octanol–water partition coefficient (Wildman–Crippen LogP) is 4.86. The van der Waals surface area contributed by atoms with Crippen molar-refractivity contribution in [3.63, 3.8) is 0 Å². The number of hydrogen-bond acceptors (Lipinski definition) is 8. The SMILES string of the molecule is O=C(CSc1nnc(Nc2ccc(SC(F)F)cc2)s1)N1CCOC2CCCCC21. The third-order valence-corrected chi connectivity index (χ3v) is 7.79. The predicted molar refractivity (Wildman–Crippen MR) is 116 cm³/mol. The summed E-state index contributed by atoms with van der Waals surface area (Å²) in [6.07, 6.45) is 4.56. The lowest BCUT2D eigenvalue weighted by atomic mass is 9.90. The Bertz CT molecular complexity index is 851. The van der Waals surface area contributed by atoms with Gasteiger partial charge in [-0.3, -0.25) is 4.79 Å². The third-order valence-electron chi connectivity index (χ3n) is 5.11. The minimum atomic E-state index is -2.43. The molecule has 6 nitrogen and oxygen atoms in total. The van der Waals surface area contributed by atoms with Crippen LogP contribution in [0.3, 0.4) is 0 Å². The van der Waals surface area contributed by atoms with Gasteiger partial charge in [0.05, 0.1) is 24.5 Å². The highest BCUT2D eigenvalue weighted by Crippen LogP contribution is 2.32. The number of nitrogens with one attached hydrogen (secondary N) is 1. The van der Waals surface area contributed by atoms with E-state index in [1.54, 1.807) is 24.3 Å². The van der Waals surface area contributed by atoms with Gasteiger partial charge in [0.25, 0.3) is 5.76 Å². The van der Waals surface area contributed by atoms with Crippen LogP contribution in [0.2, 0.25) is 0 Å². The van der Waals surface area contributed by atoms with E-state index in [2.05, 4.69) is 15.5 Å². The monoisotopic (exact) mass is 472 g/mol. The highest BCUT2D eigenvalue weighted by atomic mass is 32.2. The van der Waals surface area contributed by atoms with Crippen LogP contribution in [-0.4, -0.2) is 57.8 Å². The van der Waals surface area contributed by atoms with Gasteiger partial charge in [0.2, 0.25) is 11.0 Å². The van der Waals surface area contributed by atoms with Gasteiger partial charge in [-0.05, 0) is 37.1 Å². The molecule has 2 aliphatic rings. The van der Waals surface area contributed by atoms with Gasteiger partial charge in [-0.1, -0.05) is 47.7 Å². The molecule has 1 aliphatic heterocycles. The highest BCUT2D eigenvalue weighted by Gasteiger charge is 2.36. The standard InChI is InChI=1S/C19H22F2N4O2S3/c20-17(21)29-13-7-5-12(6-8-13)22-18-23-24-19(30-18)28-11-16(26)25-9-10-27-15-4-2-1-3-14(15)25/h5-8,14-15,17H,1-4,9-11H2,(H,22,23). The maximum Gasteiger partial charge on any atom is 0.288 e. The van der Waals surface area contributed by atoms with Crippen molar-refractivity contribution in [1.82, 2.24) is 15.1 Å². The molecule has 1 aromatic heterocycles. The van der Waals surface area contributed by atoms with Gasteiger partial charge >= 0.3 is 0 Å². The number of anilines is 2. The molecule has 1 saturated heterocycles. The summed E-state index contributed by atoms with van der Waals surface area (Å²) in [5, 5.41) is 12.0. The number of fused-ring (bicyclic) bond motifs is 1. The van der Waals surface area contributed by atoms with Crippen molar-refractivity contribution in [2.75, 3.05) is 24.2 Å². The van der Waals surface area contributed by atoms with Crippen molar-refractivity contribution in [3.8, 4) is 0 Å². The number of carbonyl (C=O) groups excluding carboxylic acids is 1. The Morgan fingerprint density at radius 1 is 1.27 bits per heavy atom. The Labute approximate surface area is 186 Å². The summed E-state index contributed by atoms with van der Waals surface area (Å²) in [4.78, 5) is 15.3. The molecule has 2 unspecified atom stereocenters. The summed E-state index contributed by atoms with van der Waals surface area (Å²) in [7, 11) is 0. The molecule has 1 N–H and O–H groups in total. The van der Waals surface area contributed by atoms with Crippen molar-refractivity contribution in [2.24, 2.45) is 0 Å². The van der Waals surface area contributed by atoms with E-state index >= 15 is 0 Å². The molecule has 2 atom stereocenters. The molecule has 1 aromatic carbocycles. The summed E-state index contributed by atoms with van der Waals surface area (Å²) >= 11 is 3.26. The first-order chi connectivity index (χ1) is 14.6. The van der Waals surface area contributed by atoms with E-state index < -0.39 is 5.76 Å². The number of ether oxygens (including phenoxy) is 1. The number of carbonyl (C=O) groups is 1. The molecule has 2 fully saturated rings.